The lowest BCUT2D eigenvalue weighted by atomic mass is 9.91. The van der Waals surface area contributed by atoms with Gasteiger partial charge in [-0.2, -0.15) is 4.39 Å². The first-order valence-electron chi connectivity index (χ1n) is 8.68. The van der Waals surface area contributed by atoms with Crippen molar-refractivity contribution in [1.82, 2.24) is 14.9 Å². The number of fused-ring (bicyclic) bond motifs is 1. The summed E-state index contributed by atoms with van der Waals surface area (Å²) in [6.45, 7) is 1.64. The van der Waals surface area contributed by atoms with Gasteiger partial charge in [0.15, 0.2) is 5.78 Å². The molecule has 26 heavy (non-hydrogen) atoms. The van der Waals surface area contributed by atoms with Crippen LogP contribution in [0.3, 0.4) is 0 Å². The van der Waals surface area contributed by atoms with Gasteiger partial charge in [-0.3, -0.25) is 9.69 Å². The third kappa shape index (κ3) is 3.08. The maximum absolute atomic E-state index is 14.0. The van der Waals surface area contributed by atoms with Crippen molar-refractivity contribution in [3.05, 3.63) is 53.9 Å². The van der Waals surface area contributed by atoms with Crippen LogP contribution >= 0.6 is 0 Å². The van der Waals surface area contributed by atoms with Crippen LogP contribution in [0.5, 0.6) is 5.75 Å². The molecular weight excluding hydrogens is 337 g/mol. The van der Waals surface area contributed by atoms with Crippen LogP contribution in [0.25, 0.3) is 0 Å². The summed E-state index contributed by atoms with van der Waals surface area (Å²) >= 11 is 0. The van der Waals surface area contributed by atoms with Crippen LogP contribution in [-0.2, 0) is 5.60 Å². The zero-order valence-corrected chi connectivity index (χ0v) is 14.2. The van der Waals surface area contributed by atoms with E-state index < -0.39 is 11.5 Å². The summed E-state index contributed by atoms with van der Waals surface area (Å²) in [7, 11) is 0. The normalized spacial score (nSPS) is 28.2. The molecule has 136 valence electrons. The first kappa shape index (κ1) is 17.1. The molecule has 1 saturated heterocycles. The van der Waals surface area contributed by atoms with E-state index in [-0.39, 0.29) is 35.5 Å². The van der Waals surface area contributed by atoms with Gasteiger partial charge < -0.3 is 10.2 Å². The molecule has 2 N–H and O–H groups in total. The summed E-state index contributed by atoms with van der Waals surface area (Å²) in [4.78, 5) is 22.0. The number of ketones is 1. The van der Waals surface area contributed by atoms with Crippen molar-refractivity contribution < 1.29 is 19.4 Å². The molecule has 2 aliphatic rings. The number of rotatable bonds is 4. The molecule has 0 radical (unpaired) electrons. The number of aliphatic hydroxyl groups is 1. The maximum Gasteiger partial charge on any atom is 0.218 e. The third-order valence-corrected chi connectivity index (χ3v) is 5.51. The number of pyridine rings is 2. The van der Waals surface area contributed by atoms with E-state index >= 15 is 0 Å². The highest BCUT2D eigenvalue weighted by Crippen LogP contribution is 2.49. The van der Waals surface area contributed by atoms with Crippen molar-refractivity contribution in [2.24, 2.45) is 11.8 Å². The second kappa shape index (κ2) is 6.41. The van der Waals surface area contributed by atoms with Gasteiger partial charge in [-0.15, -0.1) is 0 Å². The number of halogens is 1. The molecule has 1 saturated carbocycles. The van der Waals surface area contributed by atoms with Gasteiger partial charge >= 0.3 is 0 Å². The van der Waals surface area contributed by atoms with Crippen molar-refractivity contribution in [3.8, 4) is 5.75 Å². The van der Waals surface area contributed by atoms with Gasteiger partial charge in [0.1, 0.15) is 11.4 Å². The predicted molar refractivity (Wildman–Crippen MR) is 91.0 cm³/mol. The molecule has 0 aromatic carbocycles. The fraction of sp³-hybridized carbons (Fsp3) is 0.421. The van der Waals surface area contributed by atoms with Gasteiger partial charge in [-0.1, -0.05) is 6.07 Å². The maximum atomic E-state index is 14.0. The lowest BCUT2D eigenvalue weighted by Gasteiger charge is -2.26. The third-order valence-electron chi connectivity index (χ3n) is 5.51. The lowest BCUT2D eigenvalue weighted by molar-refractivity contribution is 0.0273. The molecule has 2 fully saturated rings. The summed E-state index contributed by atoms with van der Waals surface area (Å²) in [6, 6.07) is 6.20. The van der Waals surface area contributed by atoms with E-state index in [1.54, 1.807) is 12.1 Å². The Bertz CT molecular complexity index is 813. The van der Waals surface area contributed by atoms with Gasteiger partial charge in [0.05, 0.1) is 18.3 Å². The highest BCUT2D eigenvalue weighted by atomic mass is 19.1. The van der Waals surface area contributed by atoms with E-state index in [1.165, 1.54) is 24.5 Å². The molecule has 7 heteroatoms. The molecule has 3 heterocycles. The van der Waals surface area contributed by atoms with Crippen LogP contribution in [0.4, 0.5) is 4.39 Å². The Balaban J connectivity index is 1.40. The fourth-order valence-electron chi connectivity index (χ4n) is 4.37. The molecule has 3 atom stereocenters. The fourth-order valence-corrected chi connectivity index (χ4v) is 4.37. The average Bonchev–Trinajstić information content (AvgIpc) is 3.10. The van der Waals surface area contributed by atoms with Crippen molar-refractivity contribution in [3.63, 3.8) is 0 Å². The Morgan fingerprint density at radius 2 is 1.96 bits per heavy atom. The number of carbonyl (C=O) groups excluding carboxylic acids is 1. The van der Waals surface area contributed by atoms with Crippen LogP contribution in [0.1, 0.15) is 28.9 Å². The molecule has 4 rings (SSSR count). The van der Waals surface area contributed by atoms with Crippen LogP contribution in [0.2, 0.25) is 0 Å². The van der Waals surface area contributed by atoms with Crippen LogP contribution < -0.4 is 0 Å². The quantitative estimate of drug-likeness (QED) is 0.640. The Labute approximate surface area is 150 Å². The van der Waals surface area contributed by atoms with Crippen LogP contribution in [0, 0.1) is 17.8 Å². The van der Waals surface area contributed by atoms with Crippen molar-refractivity contribution in [2.75, 3.05) is 19.6 Å². The largest absolute Gasteiger partial charge is 0.506 e. The second-order valence-electron chi connectivity index (χ2n) is 7.32. The van der Waals surface area contributed by atoms with E-state index in [0.717, 1.165) is 0 Å². The molecule has 1 unspecified atom stereocenters. The number of aromatic nitrogens is 2. The number of likely N-dealkylation sites (tertiary alicyclic amines) is 1. The minimum Gasteiger partial charge on any atom is -0.506 e. The van der Waals surface area contributed by atoms with Crippen molar-refractivity contribution in [2.45, 2.75) is 18.4 Å². The standard InChI is InChI=1S/C19H20FN3O3/c20-18-15(2-1-5-21-18)19(26)6-12-9-23(10-13(12)7-19)11-17(25)16-4-3-14(24)8-22-16/h1-5,8,12-13,24,26H,6-7,9-11H2/t12-,13+,19?. The molecule has 1 aliphatic heterocycles. The van der Waals surface area contributed by atoms with Crippen LogP contribution in [0.15, 0.2) is 36.7 Å². The van der Waals surface area contributed by atoms with E-state index in [1.807, 2.05) is 0 Å². The lowest BCUT2D eigenvalue weighted by Crippen LogP contribution is -2.32. The summed E-state index contributed by atoms with van der Waals surface area (Å²) in [6.07, 6.45) is 3.59. The molecule has 1 aliphatic carbocycles. The zero-order chi connectivity index (χ0) is 18.3. The molecule has 6 nitrogen and oxygen atoms in total. The molecule has 0 bridgehead atoms. The number of hydrogen-bond donors (Lipinski definition) is 2. The molecule has 0 amide bonds. The highest BCUT2D eigenvalue weighted by Gasteiger charge is 2.50. The molecule has 2 aromatic heterocycles. The highest BCUT2D eigenvalue weighted by molar-refractivity contribution is 5.95. The average molecular weight is 357 g/mol. The second-order valence-corrected chi connectivity index (χ2v) is 7.32. The number of Topliss-reactive ketones (excluding diaryl/α,β-unsaturated/α-hetero) is 1. The number of hydrogen-bond acceptors (Lipinski definition) is 6. The summed E-state index contributed by atoms with van der Waals surface area (Å²) in [5.41, 5.74) is -0.582. The van der Waals surface area contributed by atoms with Gasteiger partial charge in [0.25, 0.3) is 0 Å². The predicted octanol–water partition coefficient (Wildman–Crippen LogP) is 1.73. The SMILES string of the molecule is O=C(CN1C[C@@H]2CC(O)(c3cccnc3F)C[C@@H]2C1)c1ccc(O)cn1. The monoisotopic (exact) mass is 357 g/mol. The number of aromatic hydroxyl groups is 1. The van der Waals surface area contributed by atoms with E-state index in [4.69, 9.17) is 0 Å². The van der Waals surface area contributed by atoms with Crippen molar-refractivity contribution in [1.29, 1.82) is 0 Å². The first-order chi connectivity index (χ1) is 12.4. The molecule has 0 spiro atoms. The van der Waals surface area contributed by atoms with Gasteiger partial charge in [-0.05, 0) is 42.9 Å². The van der Waals surface area contributed by atoms with Crippen molar-refractivity contribution >= 4 is 5.78 Å². The topological polar surface area (TPSA) is 86.6 Å². The van der Waals surface area contributed by atoms with E-state index in [0.29, 0.717) is 31.6 Å². The van der Waals surface area contributed by atoms with Gasteiger partial charge in [0, 0.05) is 24.8 Å². The Hall–Kier alpha value is -2.38. The Kier molecular flexibility index (Phi) is 4.20. The molecule has 2 aromatic rings. The number of nitrogens with zero attached hydrogens (tertiary/aromatic N) is 3. The minimum absolute atomic E-state index is 0.0270. The van der Waals surface area contributed by atoms with Crippen LogP contribution in [-0.4, -0.2) is 50.5 Å². The zero-order valence-electron chi connectivity index (χ0n) is 14.2. The van der Waals surface area contributed by atoms with Gasteiger partial charge in [0.2, 0.25) is 5.95 Å². The summed E-state index contributed by atoms with van der Waals surface area (Å²) in [5.74, 6) is -0.238. The van der Waals surface area contributed by atoms with E-state index in [2.05, 4.69) is 14.9 Å². The minimum atomic E-state index is -1.18. The summed E-state index contributed by atoms with van der Waals surface area (Å²) < 4.78 is 14.0. The summed E-state index contributed by atoms with van der Waals surface area (Å²) in [5, 5.41) is 20.2. The first-order valence-corrected chi connectivity index (χ1v) is 8.68. The van der Waals surface area contributed by atoms with Gasteiger partial charge in [-0.25, -0.2) is 9.97 Å². The Morgan fingerprint density at radius 1 is 1.23 bits per heavy atom. The molecular formula is C19H20FN3O3. The van der Waals surface area contributed by atoms with E-state index in [9.17, 15) is 19.4 Å². The number of carbonyl (C=O) groups is 1. The smallest absolute Gasteiger partial charge is 0.218 e. The Morgan fingerprint density at radius 3 is 2.58 bits per heavy atom.